The zero-order valence-corrected chi connectivity index (χ0v) is 15.6. The number of aryl methyl sites for hydroxylation is 1. The number of hydrogen-bond acceptors (Lipinski definition) is 4. The van der Waals surface area contributed by atoms with E-state index in [1.165, 1.54) is 5.56 Å². The topological polar surface area (TPSA) is 80.0 Å². The monoisotopic (exact) mass is 362 g/mol. The first-order valence-corrected chi connectivity index (χ1v) is 8.76. The van der Waals surface area contributed by atoms with Gasteiger partial charge in [0.2, 0.25) is 5.82 Å². The first kappa shape index (κ1) is 18.4. The van der Waals surface area contributed by atoms with Crippen LogP contribution in [0.5, 0.6) is 0 Å². The van der Waals surface area contributed by atoms with Crippen LogP contribution in [-0.4, -0.2) is 22.2 Å². The number of rotatable bonds is 5. The highest BCUT2D eigenvalue weighted by molar-refractivity contribution is 5.89. The van der Waals surface area contributed by atoms with Crippen LogP contribution in [0.1, 0.15) is 30.9 Å². The van der Waals surface area contributed by atoms with E-state index in [1.807, 2.05) is 44.2 Å². The summed E-state index contributed by atoms with van der Waals surface area (Å²) in [6, 6.07) is 15.3. The normalized spacial score (nSPS) is 11.1. The van der Waals surface area contributed by atoms with E-state index in [4.69, 9.17) is 4.52 Å². The molecule has 27 heavy (non-hydrogen) atoms. The number of nitrogens with one attached hydrogen (secondary N) is 2. The van der Waals surface area contributed by atoms with E-state index < -0.39 is 0 Å². The summed E-state index contributed by atoms with van der Waals surface area (Å²) >= 11 is 0. The summed E-state index contributed by atoms with van der Waals surface area (Å²) in [6.45, 7) is 5.86. The van der Waals surface area contributed by atoms with Crippen molar-refractivity contribution in [3.8, 4) is 11.4 Å². The molecule has 6 heteroatoms. The lowest BCUT2D eigenvalue weighted by molar-refractivity contribution is 0.250. The Kier molecular flexibility index (Phi) is 5.66. The van der Waals surface area contributed by atoms with Crippen molar-refractivity contribution in [3.05, 3.63) is 65.5 Å². The number of anilines is 1. The summed E-state index contributed by atoms with van der Waals surface area (Å²) in [4.78, 5) is 16.1. The van der Waals surface area contributed by atoms with Gasteiger partial charge in [0.15, 0.2) is 0 Å². The minimum absolute atomic E-state index is 0.0787. The van der Waals surface area contributed by atoms with Gasteiger partial charge in [0, 0.05) is 23.4 Å². The van der Waals surface area contributed by atoms with E-state index in [0.717, 1.165) is 11.1 Å². The third-order valence-corrected chi connectivity index (χ3v) is 3.76. The predicted molar refractivity (Wildman–Crippen MR) is 107 cm³/mol. The lowest BCUT2D eigenvalue weighted by Gasteiger charge is -2.10. The van der Waals surface area contributed by atoms with Crippen LogP contribution in [0, 0.1) is 6.92 Å². The van der Waals surface area contributed by atoms with E-state index in [9.17, 15) is 4.79 Å². The van der Waals surface area contributed by atoms with Crippen molar-refractivity contribution in [2.75, 3.05) is 5.32 Å². The lowest BCUT2D eigenvalue weighted by atomic mass is 10.1. The summed E-state index contributed by atoms with van der Waals surface area (Å²) in [7, 11) is 0. The van der Waals surface area contributed by atoms with Gasteiger partial charge < -0.3 is 15.2 Å². The third kappa shape index (κ3) is 5.28. The fraction of sp³-hybridized carbons (Fsp3) is 0.190. The van der Waals surface area contributed by atoms with E-state index in [2.05, 4.69) is 39.8 Å². The number of amides is 2. The van der Waals surface area contributed by atoms with Gasteiger partial charge >= 0.3 is 6.03 Å². The Morgan fingerprint density at radius 3 is 2.41 bits per heavy atom. The molecule has 0 aliphatic heterocycles. The molecule has 0 saturated carbocycles. The van der Waals surface area contributed by atoms with Gasteiger partial charge in [0.05, 0.1) is 0 Å². The van der Waals surface area contributed by atoms with Gasteiger partial charge in [0.1, 0.15) is 0 Å². The fourth-order valence-electron chi connectivity index (χ4n) is 2.40. The van der Waals surface area contributed by atoms with Gasteiger partial charge in [-0.3, -0.25) is 0 Å². The third-order valence-electron chi connectivity index (χ3n) is 3.76. The van der Waals surface area contributed by atoms with E-state index in [1.54, 1.807) is 18.2 Å². The molecule has 1 aromatic heterocycles. The number of benzene rings is 2. The molecule has 0 bridgehead atoms. The van der Waals surface area contributed by atoms with Gasteiger partial charge in [-0.05, 0) is 56.7 Å². The van der Waals surface area contributed by atoms with Crippen LogP contribution in [0.2, 0.25) is 0 Å². The van der Waals surface area contributed by atoms with Crippen LogP contribution in [0.3, 0.4) is 0 Å². The van der Waals surface area contributed by atoms with Crippen molar-refractivity contribution in [3.63, 3.8) is 0 Å². The molecule has 0 radical (unpaired) electrons. The molecular formula is C21H22N4O2. The highest BCUT2D eigenvalue weighted by Crippen LogP contribution is 2.19. The standard InChI is InChI=1S/C21H22N4O2/c1-14(2)22-21(26)23-18-11-9-17(10-12-18)20-24-19(27-25-20)13-8-16-6-4-15(3)5-7-16/h4-14H,1-3H3,(H2,22,23,26). The maximum atomic E-state index is 11.7. The Morgan fingerprint density at radius 1 is 1.04 bits per heavy atom. The van der Waals surface area contributed by atoms with Gasteiger partial charge in [0.25, 0.3) is 5.89 Å². The zero-order valence-electron chi connectivity index (χ0n) is 15.6. The van der Waals surface area contributed by atoms with Crippen LogP contribution in [0.15, 0.2) is 53.1 Å². The van der Waals surface area contributed by atoms with Gasteiger partial charge in [-0.1, -0.05) is 35.0 Å². The molecular weight excluding hydrogens is 340 g/mol. The summed E-state index contributed by atoms with van der Waals surface area (Å²) in [5, 5.41) is 9.55. The van der Waals surface area contributed by atoms with Crippen molar-refractivity contribution in [2.24, 2.45) is 0 Å². The summed E-state index contributed by atoms with van der Waals surface area (Å²) in [5.74, 6) is 0.931. The Labute approximate surface area is 158 Å². The highest BCUT2D eigenvalue weighted by atomic mass is 16.5. The van der Waals surface area contributed by atoms with Crippen molar-refractivity contribution in [1.29, 1.82) is 0 Å². The first-order chi connectivity index (χ1) is 13.0. The van der Waals surface area contributed by atoms with E-state index >= 15 is 0 Å². The lowest BCUT2D eigenvalue weighted by Crippen LogP contribution is -2.34. The smallest absolute Gasteiger partial charge is 0.319 e. The van der Waals surface area contributed by atoms with Crippen molar-refractivity contribution in [2.45, 2.75) is 26.8 Å². The van der Waals surface area contributed by atoms with E-state index in [0.29, 0.717) is 17.4 Å². The number of aromatic nitrogens is 2. The summed E-state index contributed by atoms with van der Waals surface area (Å²) in [6.07, 6.45) is 3.71. The molecule has 138 valence electrons. The van der Waals surface area contributed by atoms with Crippen molar-refractivity contribution < 1.29 is 9.32 Å². The molecule has 0 saturated heterocycles. The van der Waals surface area contributed by atoms with Crippen LogP contribution < -0.4 is 10.6 Å². The predicted octanol–water partition coefficient (Wildman–Crippen LogP) is 4.75. The number of urea groups is 1. The van der Waals surface area contributed by atoms with Crippen LogP contribution >= 0.6 is 0 Å². The van der Waals surface area contributed by atoms with E-state index in [-0.39, 0.29) is 12.1 Å². The Bertz CT molecular complexity index is 926. The Morgan fingerprint density at radius 2 is 1.74 bits per heavy atom. The second-order valence-corrected chi connectivity index (χ2v) is 6.53. The molecule has 2 N–H and O–H groups in total. The summed E-state index contributed by atoms with van der Waals surface area (Å²) in [5.41, 5.74) is 3.78. The van der Waals surface area contributed by atoms with Crippen molar-refractivity contribution >= 4 is 23.9 Å². The maximum absolute atomic E-state index is 11.7. The first-order valence-electron chi connectivity index (χ1n) is 8.76. The second-order valence-electron chi connectivity index (χ2n) is 6.53. The van der Waals surface area contributed by atoms with Crippen LogP contribution in [0.4, 0.5) is 10.5 Å². The molecule has 6 nitrogen and oxygen atoms in total. The molecule has 3 aromatic rings. The SMILES string of the molecule is Cc1ccc(C=Cc2nc(-c3ccc(NC(=O)NC(C)C)cc3)no2)cc1. The Hall–Kier alpha value is -3.41. The molecule has 0 fully saturated rings. The molecule has 0 aliphatic carbocycles. The minimum atomic E-state index is -0.235. The van der Waals surface area contributed by atoms with Gasteiger partial charge in [-0.15, -0.1) is 0 Å². The maximum Gasteiger partial charge on any atom is 0.319 e. The molecule has 1 heterocycles. The molecule has 0 spiro atoms. The molecule has 2 amide bonds. The molecule has 0 atom stereocenters. The number of carbonyl (C=O) groups excluding carboxylic acids is 1. The number of carbonyl (C=O) groups is 1. The fourth-order valence-corrected chi connectivity index (χ4v) is 2.40. The largest absolute Gasteiger partial charge is 0.336 e. The van der Waals surface area contributed by atoms with Crippen LogP contribution in [0.25, 0.3) is 23.5 Å². The molecule has 3 rings (SSSR count). The zero-order chi connectivity index (χ0) is 19.2. The van der Waals surface area contributed by atoms with Gasteiger partial charge in [-0.25, -0.2) is 4.79 Å². The molecule has 0 unspecified atom stereocenters. The average molecular weight is 362 g/mol. The quantitative estimate of drug-likeness (QED) is 0.687. The molecule has 2 aromatic carbocycles. The van der Waals surface area contributed by atoms with Crippen molar-refractivity contribution in [1.82, 2.24) is 15.5 Å². The van der Waals surface area contributed by atoms with Gasteiger partial charge in [-0.2, -0.15) is 4.98 Å². The average Bonchev–Trinajstić information content (AvgIpc) is 3.10. The number of nitrogens with zero attached hydrogens (tertiary/aromatic N) is 2. The van der Waals surface area contributed by atoms with Crippen LogP contribution in [-0.2, 0) is 0 Å². The molecule has 0 aliphatic rings. The Balaban J connectivity index is 1.65. The highest BCUT2D eigenvalue weighted by Gasteiger charge is 2.08. The minimum Gasteiger partial charge on any atom is -0.336 e. The summed E-state index contributed by atoms with van der Waals surface area (Å²) < 4.78 is 5.28. The second kappa shape index (κ2) is 8.31. The number of hydrogen-bond donors (Lipinski definition) is 2.